The van der Waals surface area contributed by atoms with Gasteiger partial charge in [0.25, 0.3) is 0 Å². The number of amides is 1. The number of hydrogen-bond acceptors (Lipinski definition) is 3. The minimum atomic E-state index is -0.421. The molecule has 0 aromatic carbocycles. The molecule has 4 nitrogen and oxygen atoms in total. The van der Waals surface area contributed by atoms with Crippen LogP contribution in [0.15, 0.2) is 0 Å². The van der Waals surface area contributed by atoms with Crippen molar-refractivity contribution < 1.29 is 9.90 Å². The Kier molecular flexibility index (Phi) is 5.92. The average molecular weight is 242 g/mol. The van der Waals surface area contributed by atoms with Crippen molar-refractivity contribution >= 4 is 5.91 Å². The number of hydrogen-bond donors (Lipinski definition) is 3. The Morgan fingerprint density at radius 1 is 1.35 bits per heavy atom. The van der Waals surface area contributed by atoms with Crippen LogP contribution in [-0.4, -0.2) is 36.2 Å². The number of aliphatic hydroxyl groups is 1. The molecule has 1 amide bonds. The zero-order chi connectivity index (χ0) is 12.7. The van der Waals surface area contributed by atoms with E-state index in [1.165, 1.54) is 19.3 Å². The Morgan fingerprint density at radius 3 is 2.53 bits per heavy atom. The number of rotatable bonds is 6. The second kappa shape index (κ2) is 6.97. The van der Waals surface area contributed by atoms with E-state index in [0.29, 0.717) is 19.4 Å². The Labute approximate surface area is 104 Å². The third kappa shape index (κ3) is 4.64. The lowest BCUT2D eigenvalue weighted by atomic mass is 9.79. The highest BCUT2D eigenvalue weighted by molar-refractivity contribution is 5.77. The lowest BCUT2D eigenvalue weighted by Gasteiger charge is -2.36. The van der Waals surface area contributed by atoms with Gasteiger partial charge >= 0.3 is 0 Å². The normalized spacial score (nSPS) is 20.9. The summed E-state index contributed by atoms with van der Waals surface area (Å²) in [5, 5.41) is 15.5. The molecule has 0 heterocycles. The van der Waals surface area contributed by atoms with Gasteiger partial charge in [0.15, 0.2) is 0 Å². The summed E-state index contributed by atoms with van der Waals surface area (Å²) in [6.07, 6.45) is 6.62. The van der Waals surface area contributed by atoms with Crippen LogP contribution in [0.25, 0.3) is 0 Å². The zero-order valence-corrected chi connectivity index (χ0v) is 11.1. The van der Waals surface area contributed by atoms with Gasteiger partial charge in [-0.25, -0.2) is 0 Å². The van der Waals surface area contributed by atoms with Gasteiger partial charge in [0.1, 0.15) is 0 Å². The maximum absolute atomic E-state index is 11.8. The summed E-state index contributed by atoms with van der Waals surface area (Å²) in [6, 6.07) is 0. The molecule has 1 atom stereocenters. The van der Waals surface area contributed by atoms with Crippen LogP contribution in [0.5, 0.6) is 0 Å². The van der Waals surface area contributed by atoms with Crippen LogP contribution in [0.3, 0.4) is 0 Å². The average Bonchev–Trinajstić information content (AvgIpc) is 2.37. The fraction of sp³-hybridized carbons (Fsp3) is 0.923. The molecule has 3 N–H and O–H groups in total. The molecule has 17 heavy (non-hydrogen) atoms. The van der Waals surface area contributed by atoms with Gasteiger partial charge in [-0.1, -0.05) is 26.2 Å². The maximum atomic E-state index is 11.8. The second-order valence-electron chi connectivity index (χ2n) is 5.13. The maximum Gasteiger partial charge on any atom is 0.221 e. The van der Waals surface area contributed by atoms with E-state index < -0.39 is 6.10 Å². The lowest BCUT2D eigenvalue weighted by Crippen LogP contribution is -2.48. The van der Waals surface area contributed by atoms with Gasteiger partial charge in [-0.15, -0.1) is 0 Å². The lowest BCUT2D eigenvalue weighted by molar-refractivity contribution is -0.123. The molecule has 1 rings (SSSR count). The molecule has 0 radical (unpaired) electrons. The zero-order valence-electron chi connectivity index (χ0n) is 11.1. The van der Waals surface area contributed by atoms with Crippen LogP contribution >= 0.6 is 0 Å². The van der Waals surface area contributed by atoms with Crippen LogP contribution in [0.4, 0.5) is 0 Å². The topological polar surface area (TPSA) is 61.4 Å². The molecule has 1 aliphatic rings. The molecule has 0 saturated heterocycles. The third-order valence-corrected chi connectivity index (χ3v) is 3.85. The number of carbonyl (C=O) groups excluding carboxylic acids is 1. The van der Waals surface area contributed by atoms with Gasteiger partial charge in [0.05, 0.1) is 6.10 Å². The molecular weight excluding hydrogens is 216 g/mol. The first-order valence-corrected chi connectivity index (χ1v) is 6.75. The first kappa shape index (κ1) is 14.5. The Bertz CT molecular complexity index is 238. The van der Waals surface area contributed by atoms with Crippen molar-refractivity contribution in [3.8, 4) is 0 Å². The van der Waals surface area contributed by atoms with Crippen molar-refractivity contribution in [1.82, 2.24) is 10.6 Å². The first-order valence-electron chi connectivity index (χ1n) is 6.75. The highest BCUT2D eigenvalue weighted by atomic mass is 16.3. The van der Waals surface area contributed by atoms with Crippen LogP contribution in [0, 0.1) is 0 Å². The van der Waals surface area contributed by atoms with Crippen LogP contribution in [0.2, 0.25) is 0 Å². The van der Waals surface area contributed by atoms with Crippen molar-refractivity contribution in [1.29, 1.82) is 0 Å². The van der Waals surface area contributed by atoms with Gasteiger partial charge in [0, 0.05) is 18.5 Å². The monoisotopic (exact) mass is 242 g/mol. The number of aliphatic hydroxyl groups excluding tert-OH is 1. The summed E-state index contributed by atoms with van der Waals surface area (Å²) in [5.74, 6) is 0.0498. The molecule has 0 aromatic rings. The van der Waals surface area contributed by atoms with Crippen LogP contribution in [-0.2, 0) is 4.79 Å². The molecule has 0 bridgehead atoms. The van der Waals surface area contributed by atoms with E-state index in [9.17, 15) is 9.90 Å². The van der Waals surface area contributed by atoms with Gasteiger partial charge in [-0.3, -0.25) is 4.79 Å². The minimum Gasteiger partial charge on any atom is -0.391 e. The van der Waals surface area contributed by atoms with E-state index in [4.69, 9.17) is 0 Å². The summed E-state index contributed by atoms with van der Waals surface area (Å²) in [4.78, 5) is 11.8. The van der Waals surface area contributed by atoms with Crippen molar-refractivity contribution in [2.75, 3.05) is 13.6 Å². The Balaban J connectivity index is 2.37. The summed E-state index contributed by atoms with van der Waals surface area (Å²) in [7, 11) is 1.94. The molecule has 1 unspecified atom stereocenters. The van der Waals surface area contributed by atoms with Gasteiger partial charge in [0.2, 0.25) is 5.91 Å². The molecule has 0 aromatic heterocycles. The largest absolute Gasteiger partial charge is 0.391 e. The molecule has 1 fully saturated rings. The van der Waals surface area contributed by atoms with Crippen LogP contribution in [0.1, 0.15) is 51.9 Å². The van der Waals surface area contributed by atoms with E-state index in [0.717, 1.165) is 12.8 Å². The van der Waals surface area contributed by atoms with Gasteiger partial charge in [-0.2, -0.15) is 0 Å². The van der Waals surface area contributed by atoms with E-state index in [1.54, 1.807) is 0 Å². The fourth-order valence-corrected chi connectivity index (χ4v) is 2.49. The van der Waals surface area contributed by atoms with E-state index >= 15 is 0 Å². The predicted octanol–water partition coefficient (Wildman–Crippen LogP) is 1.19. The predicted molar refractivity (Wildman–Crippen MR) is 68.8 cm³/mol. The summed E-state index contributed by atoms with van der Waals surface area (Å²) >= 11 is 0. The fourth-order valence-electron chi connectivity index (χ4n) is 2.49. The molecule has 0 aliphatic heterocycles. The standard InChI is InChI=1S/C13H26N2O2/c1-3-11(16)10-15-12(17)9-13(14-2)7-5-4-6-8-13/h11,14,16H,3-10H2,1-2H3,(H,15,17). The summed E-state index contributed by atoms with van der Waals surface area (Å²) in [6.45, 7) is 2.28. The van der Waals surface area contributed by atoms with Crippen molar-refractivity contribution in [2.24, 2.45) is 0 Å². The molecule has 4 heteroatoms. The molecule has 1 aliphatic carbocycles. The quantitative estimate of drug-likeness (QED) is 0.655. The minimum absolute atomic E-state index is 0.0144. The van der Waals surface area contributed by atoms with Gasteiger partial charge < -0.3 is 15.7 Å². The molecule has 1 saturated carbocycles. The highest BCUT2D eigenvalue weighted by Crippen LogP contribution is 2.30. The Morgan fingerprint density at radius 2 is 2.00 bits per heavy atom. The van der Waals surface area contributed by atoms with Gasteiger partial charge in [-0.05, 0) is 26.3 Å². The third-order valence-electron chi connectivity index (χ3n) is 3.85. The van der Waals surface area contributed by atoms with Crippen molar-refractivity contribution in [3.05, 3.63) is 0 Å². The smallest absolute Gasteiger partial charge is 0.221 e. The van der Waals surface area contributed by atoms with Crippen molar-refractivity contribution in [3.63, 3.8) is 0 Å². The Hall–Kier alpha value is -0.610. The summed E-state index contributed by atoms with van der Waals surface area (Å²) in [5.41, 5.74) is -0.0144. The molecule has 0 spiro atoms. The summed E-state index contributed by atoms with van der Waals surface area (Å²) < 4.78 is 0. The van der Waals surface area contributed by atoms with Crippen molar-refractivity contribution in [2.45, 2.75) is 63.5 Å². The van der Waals surface area contributed by atoms with E-state index in [1.807, 2.05) is 14.0 Å². The second-order valence-corrected chi connectivity index (χ2v) is 5.13. The molecular formula is C13H26N2O2. The highest BCUT2D eigenvalue weighted by Gasteiger charge is 2.32. The van der Waals surface area contributed by atoms with E-state index in [-0.39, 0.29) is 11.4 Å². The molecule has 100 valence electrons. The number of nitrogens with one attached hydrogen (secondary N) is 2. The number of carbonyl (C=O) groups is 1. The van der Waals surface area contributed by atoms with E-state index in [2.05, 4.69) is 10.6 Å². The van der Waals surface area contributed by atoms with Crippen LogP contribution < -0.4 is 10.6 Å². The SMILES string of the molecule is CCC(O)CNC(=O)CC1(NC)CCCCC1. The first-order chi connectivity index (χ1) is 8.12.